The highest BCUT2D eigenvalue weighted by atomic mass is 35.5. The Hall–Kier alpha value is -2.02. The van der Waals surface area contributed by atoms with Crippen molar-refractivity contribution in [1.82, 2.24) is 15.0 Å². The fourth-order valence-corrected chi connectivity index (χ4v) is 3.59. The van der Waals surface area contributed by atoms with Crippen molar-refractivity contribution in [3.63, 3.8) is 0 Å². The van der Waals surface area contributed by atoms with E-state index in [4.69, 9.17) is 16.3 Å². The molecule has 0 saturated heterocycles. The second-order valence-electron chi connectivity index (χ2n) is 7.44. The predicted octanol–water partition coefficient (Wildman–Crippen LogP) is 5.03. The topological polar surface area (TPSA) is 67.9 Å². The Morgan fingerprint density at radius 3 is 2.73 bits per heavy atom. The van der Waals surface area contributed by atoms with Gasteiger partial charge in [-0.15, -0.1) is 0 Å². The van der Waals surface area contributed by atoms with Crippen molar-refractivity contribution in [2.45, 2.75) is 31.2 Å². The monoisotopic (exact) mass is 387 g/mol. The number of alkyl halides is 1. The first-order valence-electron chi connectivity index (χ1n) is 8.52. The van der Waals surface area contributed by atoms with Crippen molar-refractivity contribution in [2.24, 2.45) is 0 Å². The molecular formula is C19H22ClN3O2Si. The van der Waals surface area contributed by atoms with Gasteiger partial charge in [-0.2, -0.15) is 0 Å². The molecule has 0 saturated carbocycles. The van der Waals surface area contributed by atoms with E-state index in [9.17, 15) is 4.79 Å². The van der Waals surface area contributed by atoms with E-state index in [2.05, 4.69) is 34.6 Å². The summed E-state index contributed by atoms with van der Waals surface area (Å²) in [6.45, 7) is 7.59. The number of fused-ring (bicyclic) bond motifs is 1. The number of rotatable bonds is 7. The number of hydrogen-bond acceptors (Lipinski definition) is 4. The fraction of sp³-hybridized carbons (Fsp3) is 0.316. The van der Waals surface area contributed by atoms with Gasteiger partial charge in [0.2, 0.25) is 0 Å². The van der Waals surface area contributed by atoms with Crippen molar-refractivity contribution in [3.8, 4) is 11.4 Å². The lowest BCUT2D eigenvalue weighted by atomic mass is 10.1. The van der Waals surface area contributed by atoms with Gasteiger partial charge in [0.15, 0.2) is 11.8 Å². The minimum Gasteiger partial charge on any atom is -0.358 e. The maximum atomic E-state index is 10.8. The molecule has 0 radical (unpaired) electrons. The Kier molecular flexibility index (Phi) is 5.55. The Balaban J connectivity index is 1.85. The molecule has 136 valence electrons. The number of aldehydes is 1. The highest BCUT2D eigenvalue weighted by Gasteiger charge is 2.18. The van der Waals surface area contributed by atoms with Crippen LogP contribution in [0, 0.1) is 0 Å². The van der Waals surface area contributed by atoms with Gasteiger partial charge in [0.1, 0.15) is 5.65 Å². The van der Waals surface area contributed by atoms with E-state index in [1.807, 2.05) is 12.1 Å². The summed E-state index contributed by atoms with van der Waals surface area (Å²) in [7, 11) is -1.16. The van der Waals surface area contributed by atoms with E-state index in [1.54, 1.807) is 24.5 Å². The van der Waals surface area contributed by atoms with Gasteiger partial charge in [-0.1, -0.05) is 31.2 Å². The molecule has 1 N–H and O–H groups in total. The molecule has 0 aromatic carbocycles. The van der Waals surface area contributed by atoms with Crippen LogP contribution in [0.5, 0.6) is 0 Å². The maximum Gasteiger partial charge on any atom is 0.157 e. The van der Waals surface area contributed by atoms with Crippen LogP contribution in [-0.2, 0) is 4.74 Å². The van der Waals surface area contributed by atoms with Gasteiger partial charge in [0.05, 0.1) is 11.4 Å². The Bertz CT molecular complexity index is 903. The van der Waals surface area contributed by atoms with Crippen LogP contribution in [0.3, 0.4) is 0 Å². The minimum atomic E-state index is -1.16. The van der Waals surface area contributed by atoms with E-state index in [0.717, 1.165) is 40.3 Å². The molecule has 1 atom stereocenters. The zero-order valence-electron chi connectivity index (χ0n) is 15.1. The molecule has 3 heterocycles. The van der Waals surface area contributed by atoms with Crippen molar-refractivity contribution >= 4 is 37.0 Å². The number of aromatic amines is 1. The smallest absolute Gasteiger partial charge is 0.157 e. The van der Waals surface area contributed by atoms with Gasteiger partial charge in [-0.3, -0.25) is 9.78 Å². The third-order valence-corrected chi connectivity index (χ3v) is 6.19. The van der Waals surface area contributed by atoms with Crippen LogP contribution in [0.15, 0.2) is 36.7 Å². The number of carbonyl (C=O) groups excluding carboxylic acids is 1. The summed E-state index contributed by atoms with van der Waals surface area (Å²) >= 11 is 6.51. The number of nitrogens with zero attached hydrogens (tertiary/aromatic N) is 2. The van der Waals surface area contributed by atoms with Gasteiger partial charge in [0, 0.05) is 43.6 Å². The number of nitrogens with one attached hydrogen (secondary N) is 1. The van der Waals surface area contributed by atoms with Crippen LogP contribution >= 0.6 is 11.6 Å². The number of hydrogen-bond donors (Lipinski definition) is 1. The third-order valence-electron chi connectivity index (χ3n) is 4.12. The zero-order chi connectivity index (χ0) is 18.7. The number of carbonyl (C=O) groups is 1. The molecule has 0 aliphatic heterocycles. The molecule has 0 aliphatic carbocycles. The van der Waals surface area contributed by atoms with Crippen LogP contribution in [0.4, 0.5) is 0 Å². The van der Waals surface area contributed by atoms with E-state index in [0.29, 0.717) is 12.2 Å². The number of H-pyrrole nitrogens is 1. The van der Waals surface area contributed by atoms with E-state index < -0.39 is 13.6 Å². The number of halogens is 1. The summed E-state index contributed by atoms with van der Waals surface area (Å²) in [5.74, 6) is 0. The van der Waals surface area contributed by atoms with E-state index >= 15 is 0 Å². The standard InChI is InChI=1S/C19H22ClN3O2Si/c1-26(2,3)9-8-25-18(20)14-6-7-21-19-15(14)10-17(23-19)16-5-4-13(12-24)11-22-16/h4-7,10-12,18H,8-9H2,1-3H3,(H,21,23). The lowest BCUT2D eigenvalue weighted by molar-refractivity contribution is 0.112. The first-order chi connectivity index (χ1) is 12.4. The van der Waals surface area contributed by atoms with Crippen LogP contribution in [0.2, 0.25) is 25.7 Å². The summed E-state index contributed by atoms with van der Waals surface area (Å²) in [6.07, 6.45) is 4.04. The van der Waals surface area contributed by atoms with Gasteiger partial charge < -0.3 is 9.72 Å². The van der Waals surface area contributed by atoms with Crippen LogP contribution in [0.25, 0.3) is 22.4 Å². The molecule has 0 fully saturated rings. The Morgan fingerprint density at radius 2 is 2.08 bits per heavy atom. The molecule has 1 unspecified atom stereocenters. The molecule has 3 rings (SSSR count). The van der Waals surface area contributed by atoms with Crippen molar-refractivity contribution < 1.29 is 9.53 Å². The second kappa shape index (κ2) is 7.69. The molecule has 26 heavy (non-hydrogen) atoms. The van der Waals surface area contributed by atoms with Crippen LogP contribution in [-0.4, -0.2) is 35.9 Å². The Morgan fingerprint density at radius 1 is 1.27 bits per heavy atom. The van der Waals surface area contributed by atoms with Crippen LogP contribution < -0.4 is 0 Å². The average molecular weight is 388 g/mol. The molecule has 7 heteroatoms. The van der Waals surface area contributed by atoms with Gasteiger partial charge >= 0.3 is 0 Å². The maximum absolute atomic E-state index is 10.8. The van der Waals surface area contributed by atoms with Crippen LogP contribution in [0.1, 0.15) is 21.5 Å². The van der Waals surface area contributed by atoms with Gasteiger partial charge in [-0.25, -0.2) is 4.98 Å². The summed E-state index contributed by atoms with van der Waals surface area (Å²) in [4.78, 5) is 22.7. The third kappa shape index (κ3) is 4.38. The first-order valence-corrected chi connectivity index (χ1v) is 12.7. The molecule has 0 bridgehead atoms. The first kappa shape index (κ1) is 18.8. The van der Waals surface area contributed by atoms with Crippen molar-refractivity contribution in [3.05, 3.63) is 47.8 Å². The molecule has 0 aliphatic rings. The zero-order valence-corrected chi connectivity index (χ0v) is 16.9. The number of aromatic nitrogens is 3. The number of ether oxygens (including phenoxy) is 1. The fourth-order valence-electron chi connectivity index (χ4n) is 2.58. The Labute approximate surface area is 158 Å². The van der Waals surface area contributed by atoms with Gasteiger partial charge in [0.25, 0.3) is 0 Å². The summed E-state index contributed by atoms with van der Waals surface area (Å²) < 4.78 is 5.86. The van der Waals surface area contributed by atoms with Gasteiger partial charge in [-0.05, 0) is 30.3 Å². The molecule has 3 aromatic heterocycles. The van der Waals surface area contributed by atoms with Crippen molar-refractivity contribution in [1.29, 1.82) is 0 Å². The highest BCUT2D eigenvalue weighted by Crippen LogP contribution is 2.31. The van der Waals surface area contributed by atoms with E-state index in [1.165, 1.54) is 0 Å². The summed E-state index contributed by atoms with van der Waals surface area (Å²) in [6, 6.07) is 8.46. The SMILES string of the molecule is C[Si](C)(C)CCOC(Cl)c1ccnc2[nH]c(-c3ccc(C=O)cn3)cc12. The minimum absolute atomic E-state index is 0.522. The van der Waals surface area contributed by atoms with Crippen molar-refractivity contribution in [2.75, 3.05) is 6.61 Å². The molecule has 0 spiro atoms. The summed E-state index contributed by atoms with van der Waals surface area (Å²) in [5, 5.41) is 0.914. The molecule has 0 amide bonds. The lowest BCUT2D eigenvalue weighted by Crippen LogP contribution is -2.21. The van der Waals surface area contributed by atoms with E-state index in [-0.39, 0.29) is 0 Å². The highest BCUT2D eigenvalue weighted by molar-refractivity contribution is 6.76. The quantitative estimate of drug-likeness (QED) is 0.350. The molecule has 3 aromatic rings. The summed E-state index contributed by atoms with van der Waals surface area (Å²) in [5.41, 5.74) is 3.21. The number of pyridine rings is 2. The lowest BCUT2D eigenvalue weighted by Gasteiger charge is -2.18. The largest absolute Gasteiger partial charge is 0.358 e. The second-order valence-corrected chi connectivity index (χ2v) is 13.5. The predicted molar refractivity (Wildman–Crippen MR) is 107 cm³/mol. The normalized spacial score (nSPS) is 13.1. The average Bonchev–Trinajstić information content (AvgIpc) is 3.04. The molecule has 5 nitrogen and oxygen atoms in total. The molecular weight excluding hydrogens is 366 g/mol.